The van der Waals surface area contributed by atoms with Crippen LogP contribution in [0, 0.1) is 0 Å². The lowest BCUT2D eigenvalue weighted by Gasteiger charge is -2.05. The van der Waals surface area contributed by atoms with Crippen molar-refractivity contribution in [2.24, 2.45) is 0 Å². The monoisotopic (exact) mass is 304 g/mol. The summed E-state index contributed by atoms with van der Waals surface area (Å²) >= 11 is 12.0. The standard InChI is InChI=1S/C15H10Cl2N2O/c16-10-6-5-9(11(17)8-10)7-14-15(20)19-13-4-2-1-3-12(13)18-14/h1-6,8H,7H2,(H,19,20). The summed E-state index contributed by atoms with van der Waals surface area (Å²) in [5.74, 6) is 0. The highest BCUT2D eigenvalue weighted by atomic mass is 35.5. The Morgan fingerprint density at radius 3 is 2.70 bits per heavy atom. The highest BCUT2D eigenvalue weighted by Crippen LogP contribution is 2.22. The van der Waals surface area contributed by atoms with Crippen LogP contribution in [0.25, 0.3) is 11.0 Å². The molecule has 2 aromatic carbocycles. The molecule has 3 aromatic rings. The van der Waals surface area contributed by atoms with Gasteiger partial charge in [-0.2, -0.15) is 0 Å². The summed E-state index contributed by atoms with van der Waals surface area (Å²) in [4.78, 5) is 19.2. The molecule has 0 radical (unpaired) electrons. The van der Waals surface area contributed by atoms with Crippen molar-refractivity contribution in [2.45, 2.75) is 6.42 Å². The second-order valence-corrected chi connectivity index (χ2v) is 5.29. The van der Waals surface area contributed by atoms with Crippen molar-refractivity contribution in [1.29, 1.82) is 0 Å². The van der Waals surface area contributed by atoms with Crippen molar-refractivity contribution in [1.82, 2.24) is 9.97 Å². The van der Waals surface area contributed by atoms with Crippen LogP contribution in [0.1, 0.15) is 11.3 Å². The molecular formula is C15H10Cl2N2O. The molecule has 0 saturated heterocycles. The van der Waals surface area contributed by atoms with Crippen LogP contribution in [0.3, 0.4) is 0 Å². The van der Waals surface area contributed by atoms with E-state index < -0.39 is 0 Å². The molecule has 3 rings (SSSR count). The minimum atomic E-state index is -0.199. The Hall–Kier alpha value is -1.84. The Morgan fingerprint density at radius 1 is 1.10 bits per heavy atom. The van der Waals surface area contributed by atoms with E-state index in [4.69, 9.17) is 23.2 Å². The normalized spacial score (nSPS) is 10.9. The first kappa shape index (κ1) is 13.2. The van der Waals surface area contributed by atoms with Crippen LogP contribution in [-0.2, 0) is 6.42 Å². The predicted molar refractivity (Wildman–Crippen MR) is 81.6 cm³/mol. The number of para-hydroxylation sites is 2. The lowest BCUT2D eigenvalue weighted by atomic mass is 10.1. The maximum atomic E-state index is 12.0. The molecule has 100 valence electrons. The smallest absolute Gasteiger partial charge is 0.270 e. The van der Waals surface area contributed by atoms with Gasteiger partial charge >= 0.3 is 0 Å². The first-order valence-electron chi connectivity index (χ1n) is 6.05. The number of aromatic nitrogens is 2. The number of H-pyrrole nitrogens is 1. The van der Waals surface area contributed by atoms with Gasteiger partial charge in [0.15, 0.2) is 0 Å². The molecular weight excluding hydrogens is 295 g/mol. The van der Waals surface area contributed by atoms with Crippen molar-refractivity contribution in [3.05, 3.63) is 74.1 Å². The first-order valence-corrected chi connectivity index (χ1v) is 6.81. The fourth-order valence-corrected chi connectivity index (χ4v) is 2.51. The zero-order valence-corrected chi connectivity index (χ0v) is 11.9. The fourth-order valence-electron chi connectivity index (χ4n) is 2.03. The average Bonchev–Trinajstić information content (AvgIpc) is 2.42. The van der Waals surface area contributed by atoms with Gasteiger partial charge in [-0.25, -0.2) is 4.98 Å². The van der Waals surface area contributed by atoms with E-state index in [-0.39, 0.29) is 5.56 Å². The molecule has 5 heteroatoms. The molecule has 0 saturated carbocycles. The second-order valence-electron chi connectivity index (χ2n) is 4.44. The van der Waals surface area contributed by atoms with Gasteiger partial charge in [0, 0.05) is 16.5 Å². The van der Waals surface area contributed by atoms with Gasteiger partial charge in [-0.1, -0.05) is 41.4 Å². The number of hydrogen-bond acceptors (Lipinski definition) is 2. The topological polar surface area (TPSA) is 45.8 Å². The van der Waals surface area contributed by atoms with Crippen molar-refractivity contribution in [2.75, 3.05) is 0 Å². The van der Waals surface area contributed by atoms with Gasteiger partial charge in [-0.3, -0.25) is 4.79 Å². The van der Waals surface area contributed by atoms with Crippen LogP contribution >= 0.6 is 23.2 Å². The largest absolute Gasteiger partial charge is 0.319 e. The van der Waals surface area contributed by atoms with E-state index in [1.54, 1.807) is 18.2 Å². The van der Waals surface area contributed by atoms with Gasteiger partial charge in [0.05, 0.1) is 11.0 Å². The summed E-state index contributed by atoms with van der Waals surface area (Å²) in [6.07, 6.45) is 0.371. The van der Waals surface area contributed by atoms with Gasteiger partial charge in [-0.05, 0) is 29.8 Å². The summed E-state index contributed by atoms with van der Waals surface area (Å²) < 4.78 is 0. The molecule has 0 bridgehead atoms. The summed E-state index contributed by atoms with van der Waals surface area (Å²) in [6.45, 7) is 0. The molecule has 1 N–H and O–H groups in total. The van der Waals surface area contributed by atoms with Crippen LogP contribution in [0.2, 0.25) is 10.0 Å². The first-order chi connectivity index (χ1) is 9.63. The molecule has 0 unspecified atom stereocenters. The fraction of sp³-hybridized carbons (Fsp3) is 0.0667. The average molecular weight is 305 g/mol. The number of halogens is 2. The molecule has 20 heavy (non-hydrogen) atoms. The third-order valence-corrected chi connectivity index (χ3v) is 3.63. The summed E-state index contributed by atoms with van der Waals surface area (Å²) in [7, 11) is 0. The number of nitrogens with zero attached hydrogens (tertiary/aromatic N) is 1. The van der Waals surface area contributed by atoms with Gasteiger partial charge in [0.25, 0.3) is 5.56 Å². The Balaban J connectivity index is 2.06. The van der Waals surface area contributed by atoms with Gasteiger partial charge < -0.3 is 4.98 Å². The Bertz CT molecular complexity index is 843. The third kappa shape index (κ3) is 2.55. The molecule has 0 spiro atoms. The Labute approximate surface area is 125 Å². The van der Waals surface area contributed by atoms with E-state index in [0.717, 1.165) is 16.6 Å². The SMILES string of the molecule is O=c1[nH]c2ccccc2nc1Cc1ccc(Cl)cc1Cl. The van der Waals surface area contributed by atoms with E-state index in [0.29, 0.717) is 22.2 Å². The Morgan fingerprint density at radius 2 is 1.90 bits per heavy atom. The van der Waals surface area contributed by atoms with Crippen LogP contribution in [0.15, 0.2) is 47.3 Å². The minimum Gasteiger partial charge on any atom is -0.319 e. The minimum absolute atomic E-state index is 0.199. The maximum absolute atomic E-state index is 12.0. The van der Waals surface area contributed by atoms with Crippen molar-refractivity contribution >= 4 is 34.2 Å². The Kier molecular flexibility index (Phi) is 3.47. The zero-order chi connectivity index (χ0) is 14.1. The van der Waals surface area contributed by atoms with Gasteiger partial charge in [0.2, 0.25) is 0 Å². The lowest BCUT2D eigenvalue weighted by Crippen LogP contribution is -2.15. The molecule has 0 fully saturated rings. The lowest BCUT2D eigenvalue weighted by molar-refractivity contribution is 1.03. The molecule has 0 atom stereocenters. The van der Waals surface area contributed by atoms with Crippen molar-refractivity contribution in [3.63, 3.8) is 0 Å². The summed E-state index contributed by atoms with van der Waals surface area (Å²) in [5.41, 5.74) is 2.54. The van der Waals surface area contributed by atoms with Crippen LogP contribution in [-0.4, -0.2) is 9.97 Å². The van der Waals surface area contributed by atoms with E-state index >= 15 is 0 Å². The molecule has 0 amide bonds. The highest BCUT2D eigenvalue weighted by Gasteiger charge is 2.08. The zero-order valence-electron chi connectivity index (χ0n) is 10.4. The predicted octanol–water partition coefficient (Wildman–Crippen LogP) is 3.82. The number of nitrogens with one attached hydrogen (secondary N) is 1. The summed E-state index contributed by atoms with van der Waals surface area (Å²) in [6, 6.07) is 12.6. The van der Waals surface area contributed by atoms with Crippen LogP contribution in [0.4, 0.5) is 0 Å². The van der Waals surface area contributed by atoms with Crippen molar-refractivity contribution < 1.29 is 0 Å². The van der Waals surface area contributed by atoms with E-state index in [9.17, 15) is 4.79 Å². The van der Waals surface area contributed by atoms with E-state index in [1.165, 1.54) is 0 Å². The van der Waals surface area contributed by atoms with Crippen LogP contribution in [0.5, 0.6) is 0 Å². The number of benzene rings is 2. The third-order valence-electron chi connectivity index (χ3n) is 3.04. The van der Waals surface area contributed by atoms with Gasteiger partial charge in [-0.15, -0.1) is 0 Å². The highest BCUT2D eigenvalue weighted by molar-refractivity contribution is 6.35. The van der Waals surface area contributed by atoms with Crippen LogP contribution < -0.4 is 5.56 Å². The number of rotatable bonds is 2. The quantitative estimate of drug-likeness (QED) is 0.782. The number of fused-ring (bicyclic) bond motifs is 1. The number of hydrogen-bond donors (Lipinski definition) is 1. The molecule has 3 nitrogen and oxygen atoms in total. The second kappa shape index (κ2) is 5.27. The van der Waals surface area contributed by atoms with Crippen molar-refractivity contribution in [3.8, 4) is 0 Å². The van der Waals surface area contributed by atoms with E-state index in [2.05, 4.69) is 9.97 Å². The molecule has 1 heterocycles. The molecule has 1 aromatic heterocycles. The van der Waals surface area contributed by atoms with Gasteiger partial charge in [0.1, 0.15) is 5.69 Å². The van der Waals surface area contributed by atoms with E-state index in [1.807, 2.05) is 24.3 Å². The molecule has 0 aliphatic rings. The number of aromatic amines is 1. The molecule has 0 aliphatic heterocycles. The maximum Gasteiger partial charge on any atom is 0.270 e. The molecule has 0 aliphatic carbocycles. The summed E-state index contributed by atoms with van der Waals surface area (Å²) in [5, 5.41) is 1.10.